The summed E-state index contributed by atoms with van der Waals surface area (Å²) in [6.07, 6.45) is 8.28. The normalized spacial score (nSPS) is 18.3. The van der Waals surface area contributed by atoms with Crippen LogP contribution in [0.15, 0.2) is 77.9 Å². The first-order chi connectivity index (χ1) is 21.2. The van der Waals surface area contributed by atoms with Crippen LogP contribution >= 0.6 is 46.4 Å². The number of nitrogens with zero attached hydrogens (tertiary/aromatic N) is 1. The number of piperidine rings is 1. The molecule has 1 heterocycles. The molecule has 3 aromatic rings. The van der Waals surface area contributed by atoms with E-state index < -0.39 is 27.2 Å². The fraction of sp³-hybridized carbons (Fsp3) is 0.265. The van der Waals surface area contributed by atoms with E-state index in [0.717, 1.165) is 31.2 Å². The van der Waals surface area contributed by atoms with Gasteiger partial charge in [0, 0.05) is 0 Å². The van der Waals surface area contributed by atoms with Crippen LogP contribution in [0.1, 0.15) is 42.4 Å². The molecule has 1 N–H and O–H groups in total. The van der Waals surface area contributed by atoms with Gasteiger partial charge in [-0.15, -0.1) is 0 Å². The van der Waals surface area contributed by atoms with Gasteiger partial charge in [0.05, 0.1) is 0 Å². The number of likely N-dealkylation sites (tertiary alicyclic amines) is 1. The van der Waals surface area contributed by atoms with Gasteiger partial charge < -0.3 is 0 Å². The quantitative estimate of drug-likeness (QED) is 0.108. The van der Waals surface area contributed by atoms with Gasteiger partial charge in [0.2, 0.25) is 0 Å². The number of hydrogen-bond acceptors (Lipinski definition) is 3. The minimum absolute atomic E-state index is 0.0174. The van der Waals surface area contributed by atoms with E-state index in [1.165, 1.54) is 0 Å². The number of benzene rings is 3. The average molecular weight is 783 g/mol. The van der Waals surface area contributed by atoms with Crippen molar-refractivity contribution in [2.45, 2.75) is 42.1 Å². The summed E-state index contributed by atoms with van der Waals surface area (Å²) in [5.74, 6) is -0.438. The second-order valence-corrected chi connectivity index (χ2v) is 15.9. The molecule has 5 rings (SSSR count). The van der Waals surface area contributed by atoms with Crippen LogP contribution in [0.3, 0.4) is 0 Å². The number of carbonyl (C=O) groups is 3. The van der Waals surface area contributed by atoms with E-state index in [0.29, 0.717) is 52.7 Å². The van der Waals surface area contributed by atoms with Crippen molar-refractivity contribution in [2.75, 3.05) is 13.1 Å². The van der Waals surface area contributed by atoms with E-state index in [4.69, 9.17) is 46.4 Å². The molecule has 0 bridgehead atoms. The van der Waals surface area contributed by atoms with Crippen LogP contribution in [0.2, 0.25) is 20.1 Å². The van der Waals surface area contributed by atoms with Crippen LogP contribution < -0.4 is 26.5 Å². The summed E-state index contributed by atoms with van der Waals surface area (Å²) in [5, 5.41) is 4.62. The molecule has 2 aliphatic rings. The van der Waals surface area contributed by atoms with Crippen LogP contribution in [0.5, 0.6) is 0 Å². The summed E-state index contributed by atoms with van der Waals surface area (Å²) in [4.78, 5) is 42.9. The summed E-state index contributed by atoms with van der Waals surface area (Å²) in [5.41, 5.74) is 3.13. The van der Waals surface area contributed by atoms with Crippen molar-refractivity contribution in [3.05, 3.63) is 115 Å². The average Bonchev–Trinajstić information content (AvgIpc) is 3.51. The first-order valence-electron chi connectivity index (χ1n) is 14.3. The molecule has 1 unspecified atom stereocenters. The molecule has 5 nitrogen and oxygen atoms in total. The van der Waals surface area contributed by atoms with Crippen molar-refractivity contribution in [1.29, 1.82) is 0 Å². The van der Waals surface area contributed by atoms with Gasteiger partial charge in [0.25, 0.3) is 0 Å². The van der Waals surface area contributed by atoms with Crippen molar-refractivity contribution >= 4 is 74.2 Å². The third kappa shape index (κ3) is 8.67. The Balaban J connectivity index is 1.48. The maximum atomic E-state index is 14.3. The van der Waals surface area contributed by atoms with Crippen LogP contribution in [-0.2, 0) is 16.0 Å². The Morgan fingerprint density at radius 3 is 1.89 bits per heavy atom. The summed E-state index contributed by atoms with van der Waals surface area (Å²) in [7, 11) is 0. The first kappa shape index (κ1) is 33.0. The summed E-state index contributed by atoms with van der Waals surface area (Å²) < 4.78 is 0.437. The Hall–Kier alpha value is -2.36. The molecule has 230 valence electrons. The summed E-state index contributed by atoms with van der Waals surface area (Å²) in [6, 6.07) is 19.1. The fourth-order valence-electron chi connectivity index (χ4n) is 5.37. The molecular formula is C34H30Cl4IN2O3-. The number of Topliss-reactive ketones (excluding diaryl/α,β-unsaturated/α-hetero) is 1. The van der Waals surface area contributed by atoms with E-state index in [-0.39, 0.29) is 28.7 Å². The van der Waals surface area contributed by atoms with Gasteiger partial charge in [-0.05, 0) is 0 Å². The standard InChI is InChI=1S/C34H30Cl4IN2O3/c35-27-12-10-22(16-29(27)37)14-24-19-41(20-25(32(24)42)15-23-11-13-28(36)30(38)17-23)33(43)31(18-21-6-2-1-3-7-21)40-34(44)39-26-8-4-5-9-26/h1-3,6-7,10-17,26,31H,4-5,8-9,18-20H2,(H,40,44)/q-1/b24-14+,25-15+. The van der Waals surface area contributed by atoms with Crippen LogP contribution in [0.25, 0.3) is 12.2 Å². The Morgan fingerprint density at radius 1 is 0.818 bits per heavy atom. The summed E-state index contributed by atoms with van der Waals surface area (Å²) in [6.45, 7) is 0.158. The van der Waals surface area contributed by atoms with Crippen molar-refractivity contribution in [2.24, 2.45) is 0 Å². The number of nitrogens with one attached hydrogen (secondary N) is 1. The molecule has 2 amide bonds. The van der Waals surface area contributed by atoms with E-state index >= 15 is 0 Å². The third-order valence-corrected chi connectivity index (χ3v) is 12.1. The van der Waals surface area contributed by atoms with Crippen LogP contribution in [0.4, 0.5) is 4.79 Å². The Kier molecular flexibility index (Phi) is 11.5. The van der Waals surface area contributed by atoms with Gasteiger partial charge in [0.15, 0.2) is 0 Å². The molecule has 1 atom stereocenters. The molecule has 1 aliphatic heterocycles. The number of rotatable bonds is 8. The zero-order chi connectivity index (χ0) is 31.2. The van der Waals surface area contributed by atoms with E-state index in [1.54, 1.807) is 53.5 Å². The molecule has 1 saturated carbocycles. The molecule has 3 aromatic carbocycles. The molecule has 0 aromatic heterocycles. The van der Waals surface area contributed by atoms with Crippen LogP contribution in [-0.4, -0.2) is 43.6 Å². The number of amides is 2. The van der Waals surface area contributed by atoms with E-state index in [2.05, 4.69) is 5.32 Å². The molecule has 1 saturated heterocycles. The molecule has 1 aliphatic carbocycles. The molecule has 0 radical (unpaired) electrons. The van der Waals surface area contributed by atoms with Crippen LogP contribution in [0, 0.1) is 0 Å². The predicted octanol–water partition coefficient (Wildman–Crippen LogP) is 5.53. The molecule has 0 spiro atoms. The third-order valence-electron chi connectivity index (χ3n) is 7.59. The molecule has 44 heavy (non-hydrogen) atoms. The van der Waals surface area contributed by atoms with Crippen molar-refractivity contribution in [1.82, 2.24) is 10.2 Å². The fourth-order valence-corrected chi connectivity index (χ4v) is 8.84. The molecule has 10 heteroatoms. The Morgan fingerprint density at radius 2 is 1.36 bits per heavy atom. The maximum absolute atomic E-state index is 14.3. The van der Waals surface area contributed by atoms with Crippen molar-refractivity contribution < 1.29 is 35.6 Å². The number of alkyl halides is 1. The molecular weight excluding hydrogens is 753 g/mol. The van der Waals surface area contributed by atoms with Crippen molar-refractivity contribution in [3.63, 3.8) is 0 Å². The monoisotopic (exact) mass is 781 g/mol. The van der Waals surface area contributed by atoms with E-state index in [9.17, 15) is 14.4 Å². The Labute approximate surface area is 287 Å². The van der Waals surface area contributed by atoms with Gasteiger partial charge in [-0.1, -0.05) is 23.2 Å². The van der Waals surface area contributed by atoms with Gasteiger partial charge in [0.1, 0.15) is 0 Å². The SMILES string of the molecule is O=C(NC(Cc1ccccc1)C(=O)N1C/C(=C\c2ccc(Cl)c(Cl)c2)C(=O)/C(=C/c2ccc(Cl)c(Cl)c2)C1)[I-]C1CCCC1. The summed E-state index contributed by atoms with van der Waals surface area (Å²) >= 11 is 24.0. The number of ketones is 1. The second kappa shape index (κ2) is 15.3. The second-order valence-electron chi connectivity index (χ2n) is 10.9. The van der Waals surface area contributed by atoms with Gasteiger partial charge >= 0.3 is 267 Å². The minimum atomic E-state index is -0.767. The Bertz CT molecular complexity index is 1550. The zero-order valence-electron chi connectivity index (χ0n) is 23.7. The number of halogens is 5. The number of hydrogen-bond donors (Lipinski definition) is 1. The van der Waals surface area contributed by atoms with Gasteiger partial charge in [-0.3, -0.25) is 0 Å². The number of carbonyl (C=O) groups excluding carboxylic acids is 3. The molecule has 2 fully saturated rings. The van der Waals surface area contributed by atoms with E-state index in [1.807, 2.05) is 30.3 Å². The van der Waals surface area contributed by atoms with Gasteiger partial charge in [-0.2, -0.15) is 0 Å². The van der Waals surface area contributed by atoms with Gasteiger partial charge in [-0.25, -0.2) is 0 Å². The zero-order valence-corrected chi connectivity index (χ0v) is 28.9. The first-order valence-corrected chi connectivity index (χ1v) is 18.1. The predicted molar refractivity (Wildman–Crippen MR) is 175 cm³/mol. The van der Waals surface area contributed by atoms with Crippen molar-refractivity contribution in [3.8, 4) is 0 Å². The topological polar surface area (TPSA) is 66.5 Å².